The van der Waals surface area contributed by atoms with Crippen LogP contribution in [0.2, 0.25) is 0 Å². The van der Waals surface area contributed by atoms with E-state index >= 15 is 0 Å². The lowest BCUT2D eigenvalue weighted by atomic mass is 10.3. The summed E-state index contributed by atoms with van der Waals surface area (Å²) >= 11 is 0. The first kappa shape index (κ1) is 16.9. The van der Waals surface area contributed by atoms with E-state index < -0.39 is 4.92 Å². The number of aliphatic hydroxyl groups excluding tert-OH is 1. The van der Waals surface area contributed by atoms with E-state index in [-0.39, 0.29) is 31.4 Å². The van der Waals surface area contributed by atoms with E-state index in [9.17, 15) is 14.9 Å². The Hall–Kier alpha value is -2.19. The molecular weight excluding hydrogens is 280 g/mol. The molecule has 0 fully saturated rings. The molecule has 0 heterocycles. The van der Waals surface area contributed by atoms with Crippen LogP contribution in [0.3, 0.4) is 0 Å². The van der Waals surface area contributed by atoms with Gasteiger partial charge >= 0.3 is 0 Å². The summed E-state index contributed by atoms with van der Waals surface area (Å²) in [5.41, 5.74) is -0.0457. The largest absolute Gasteiger partial charge is 0.484 e. The van der Waals surface area contributed by atoms with Crippen LogP contribution < -0.4 is 4.74 Å². The Kier molecular flexibility index (Phi) is 7.13. The van der Waals surface area contributed by atoms with Crippen molar-refractivity contribution in [1.82, 2.24) is 4.90 Å². The minimum absolute atomic E-state index is 0.0457. The third kappa shape index (κ3) is 5.76. The van der Waals surface area contributed by atoms with E-state index in [4.69, 9.17) is 14.6 Å². The molecule has 0 bridgehead atoms. The molecular formula is C13H18N2O6. The zero-order chi connectivity index (χ0) is 15.7. The van der Waals surface area contributed by atoms with Gasteiger partial charge in [-0.05, 0) is 12.1 Å². The third-order valence-corrected chi connectivity index (χ3v) is 2.70. The number of benzene rings is 1. The molecule has 8 heteroatoms. The molecule has 0 unspecified atom stereocenters. The highest BCUT2D eigenvalue weighted by molar-refractivity contribution is 5.77. The van der Waals surface area contributed by atoms with Gasteiger partial charge in [0.15, 0.2) is 6.61 Å². The van der Waals surface area contributed by atoms with Crippen LogP contribution in [-0.4, -0.2) is 60.9 Å². The maximum absolute atomic E-state index is 11.9. The molecule has 1 aromatic carbocycles. The Labute approximate surface area is 122 Å². The number of rotatable bonds is 9. The fourth-order valence-corrected chi connectivity index (χ4v) is 1.58. The van der Waals surface area contributed by atoms with Crippen LogP contribution in [0.1, 0.15) is 0 Å². The highest BCUT2D eigenvalue weighted by Gasteiger charge is 2.13. The smallest absolute Gasteiger partial charge is 0.269 e. The summed E-state index contributed by atoms with van der Waals surface area (Å²) in [4.78, 5) is 23.3. The van der Waals surface area contributed by atoms with Crippen LogP contribution in [-0.2, 0) is 9.53 Å². The topological polar surface area (TPSA) is 102 Å². The lowest BCUT2D eigenvalue weighted by Crippen LogP contribution is -2.39. The van der Waals surface area contributed by atoms with Gasteiger partial charge in [0.25, 0.3) is 11.6 Å². The zero-order valence-corrected chi connectivity index (χ0v) is 11.7. The van der Waals surface area contributed by atoms with Crippen LogP contribution in [0.5, 0.6) is 5.75 Å². The molecule has 116 valence electrons. The second kappa shape index (κ2) is 8.88. The van der Waals surface area contributed by atoms with Crippen molar-refractivity contribution in [2.75, 3.05) is 40.0 Å². The van der Waals surface area contributed by atoms with Crippen LogP contribution in [0.25, 0.3) is 0 Å². The third-order valence-electron chi connectivity index (χ3n) is 2.70. The fourth-order valence-electron chi connectivity index (χ4n) is 1.58. The van der Waals surface area contributed by atoms with Crippen molar-refractivity contribution in [3.63, 3.8) is 0 Å². The monoisotopic (exact) mass is 298 g/mol. The molecule has 0 radical (unpaired) electrons. The molecule has 0 aliphatic rings. The molecule has 0 aliphatic heterocycles. The number of nitro benzene ring substituents is 1. The molecule has 1 aromatic rings. The molecule has 1 N–H and O–H groups in total. The molecule has 0 saturated heterocycles. The number of hydrogen-bond donors (Lipinski definition) is 1. The second-order valence-corrected chi connectivity index (χ2v) is 4.14. The number of ether oxygens (including phenoxy) is 2. The van der Waals surface area contributed by atoms with Crippen molar-refractivity contribution in [2.45, 2.75) is 0 Å². The molecule has 1 amide bonds. The predicted molar refractivity (Wildman–Crippen MR) is 74.1 cm³/mol. The first-order chi connectivity index (χ1) is 10.1. The first-order valence-electron chi connectivity index (χ1n) is 6.33. The molecule has 21 heavy (non-hydrogen) atoms. The van der Waals surface area contributed by atoms with Gasteiger partial charge in [-0.3, -0.25) is 14.9 Å². The number of carbonyl (C=O) groups excluding carboxylic acids is 1. The minimum atomic E-state index is -0.511. The van der Waals surface area contributed by atoms with E-state index in [0.29, 0.717) is 18.9 Å². The van der Waals surface area contributed by atoms with Gasteiger partial charge in [-0.15, -0.1) is 0 Å². The van der Waals surface area contributed by atoms with E-state index in [2.05, 4.69) is 0 Å². The van der Waals surface area contributed by atoms with E-state index in [0.717, 1.165) is 0 Å². The lowest BCUT2D eigenvalue weighted by molar-refractivity contribution is -0.384. The number of methoxy groups -OCH3 is 1. The van der Waals surface area contributed by atoms with Crippen molar-refractivity contribution >= 4 is 11.6 Å². The zero-order valence-electron chi connectivity index (χ0n) is 11.7. The van der Waals surface area contributed by atoms with E-state index in [1.807, 2.05) is 0 Å². The van der Waals surface area contributed by atoms with Crippen molar-refractivity contribution in [2.24, 2.45) is 0 Å². The van der Waals surface area contributed by atoms with Gasteiger partial charge in [0.1, 0.15) is 5.75 Å². The second-order valence-electron chi connectivity index (χ2n) is 4.14. The molecule has 8 nitrogen and oxygen atoms in total. The highest BCUT2D eigenvalue weighted by atomic mass is 16.6. The molecule has 0 aromatic heterocycles. The van der Waals surface area contributed by atoms with Crippen molar-refractivity contribution in [3.05, 3.63) is 34.4 Å². The standard InChI is InChI=1S/C13H18N2O6/c1-20-9-7-14(6-8-16)13(17)10-21-12-4-2-11(3-5-12)15(18)19/h2-5,16H,6-10H2,1H3. The maximum Gasteiger partial charge on any atom is 0.269 e. The van der Waals surface area contributed by atoms with Crippen LogP contribution in [0.15, 0.2) is 24.3 Å². The van der Waals surface area contributed by atoms with Gasteiger partial charge in [0.2, 0.25) is 0 Å². The van der Waals surface area contributed by atoms with Gasteiger partial charge in [-0.1, -0.05) is 0 Å². The van der Waals surface area contributed by atoms with Gasteiger partial charge < -0.3 is 19.5 Å². The molecule has 0 spiro atoms. The summed E-state index contributed by atoms with van der Waals surface area (Å²) in [5.74, 6) is 0.0732. The van der Waals surface area contributed by atoms with Gasteiger partial charge in [-0.2, -0.15) is 0 Å². The Morgan fingerprint density at radius 1 is 1.33 bits per heavy atom. The number of non-ortho nitro benzene ring substituents is 1. The van der Waals surface area contributed by atoms with Crippen LogP contribution in [0, 0.1) is 10.1 Å². The Balaban J connectivity index is 2.51. The quantitative estimate of drug-likeness (QED) is 0.524. The molecule has 0 saturated carbocycles. The van der Waals surface area contributed by atoms with Gasteiger partial charge in [-0.25, -0.2) is 0 Å². The summed E-state index contributed by atoms with van der Waals surface area (Å²) in [6, 6.07) is 5.46. The average Bonchev–Trinajstić information content (AvgIpc) is 2.49. The normalized spacial score (nSPS) is 10.2. The number of carbonyl (C=O) groups is 1. The van der Waals surface area contributed by atoms with Crippen LogP contribution >= 0.6 is 0 Å². The SMILES string of the molecule is COCCN(CCO)C(=O)COc1ccc([N+](=O)[O-])cc1. The predicted octanol–water partition coefficient (Wildman–Crippen LogP) is 0.441. The molecule has 1 rings (SSSR count). The highest BCUT2D eigenvalue weighted by Crippen LogP contribution is 2.17. The lowest BCUT2D eigenvalue weighted by Gasteiger charge is -2.21. The summed E-state index contributed by atoms with van der Waals surface area (Å²) in [5, 5.41) is 19.4. The van der Waals surface area contributed by atoms with Gasteiger partial charge in [0.05, 0.1) is 18.1 Å². The number of hydrogen-bond acceptors (Lipinski definition) is 6. The number of amides is 1. The summed E-state index contributed by atoms with van der Waals surface area (Å²) in [7, 11) is 1.52. The minimum Gasteiger partial charge on any atom is -0.484 e. The maximum atomic E-state index is 11.9. The van der Waals surface area contributed by atoms with Crippen molar-refractivity contribution < 1.29 is 24.3 Å². The fraction of sp³-hybridized carbons (Fsp3) is 0.462. The first-order valence-corrected chi connectivity index (χ1v) is 6.33. The number of nitro groups is 1. The van der Waals surface area contributed by atoms with E-state index in [1.165, 1.54) is 36.3 Å². The van der Waals surface area contributed by atoms with Crippen LogP contribution in [0.4, 0.5) is 5.69 Å². The Morgan fingerprint density at radius 3 is 2.52 bits per heavy atom. The van der Waals surface area contributed by atoms with Crippen molar-refractivity contribution in [1.29, 1.82) is 0 Å². The van der Waals surface area contributed by atoms with E-state index in [1.54, 1.807) is 0 Å². The summed E-state index contributed by atoms with van der Waals surface area (Å²) in [6.45, 7) is 0.573. The Bertz CT molecular complexity index is 462. The van der Waals surface area contributed by atoms with Crippen molar-refractivity contribution in [3.8, 4) is 5.75 Å². The average molecular weight is 298 g/mol. The van der Waals surface area contributed by atoms with Gasteiger partial charge in [0, 0.05) is 32.3 Å². The molecule has 0 atom stereocenters. The molecule has 0 aliphatic carbocycles. The summed E-state index contributed by atoms with van der Waals surface area (Å²) in [6.07, 6.45) is 0. The number of nitrogens with zero attached hydrogens (tertiary/aromatic N) is 2. The summed E-state index contributed by atoms with van der Waals surface area (Å²) < 4.78 is 10.2. The Morgan fingerprint density at radius 2 is 2.00 bits per heavy atom. The number of aliphatic hydroxyl groups is 1.